The first kappa shape index (κ1) is 18.9. The van der Waals surface area contributed by atoms with E-state index < -0.39 is 0 Å². The predicted octanol–water partition coefficient (Wildman–Crippen LogP) is 4.45. The molecule has 3 rings (SSSR count). The third-order valence-electron chi connectivity index (χ3n) is 4.18. The maximum absolute atomic E-state index is 13.2. The Morgan fingerprint density at radius 3 is 2.52 bits per heavy atom. The summed E-state index contributed by atoms with van der Waals surface area (Å²) in [6.45, 7) is 3.81. The third kappa shape index (κ3) is 5.08. The number of hydrogen-bond acceptors (Lipinski definition) is 4. The smallest absolute Gasteiger partial charge is 0.229 e. The molecule has 5 nitrogen and oxygen atoms in total. The number of nitrogens with zero attached hydrogens (tertiary/aromatic N) is 1. The van der Waals surface area contributed by atoms with Crippen LogP contribution in [0.5, 0.6) is 0 Å². The second-order valence-corrected chi connectivity index (χ2v) is 7.35. The van der Waals surface area contributed by atoms with Crippen LogP contribution in [0.4, 0.5) is 5.69 Å². The highest BCUT2D eigenvalue weighted by Crippen LogP contribution is 2.26. The maximum atomic E-state index is 13.2. The fourth-order valence-electron chi connectivity index (χ4n) is 2.85. The van der Waals surface area contributed by atoms with E-state index in [0.717, 1.165) is 16.1 Å². The molecule has 2 amide bonds. The lowest BCUT2D eigenvalue weighted by molar-refractivity contribution is -0.121. The Labute approximate surface area is 162 Å². The summed E-state index contributed by atoms with van der Waals surface area (Å²) in [6, 6.07) is 15.0. The van der Waals surface area contributed by atoms with Gasteiger partial charge >= 0.3 is 0 Å². The zero-order valence-electron chi connectivity index (χ0n) is 15.3. The molecule has 1 aromatic carbocycles. The Balaban J connectivity index is 1.84. The minimum absolute atomic E-state index is 0.0811. The lowest BCUT2D eigenvalue weighted by Crippen LogP contribution is -2.35. The normalized spacial score (nSPS) is 11.8. The van der Waals surface area contributed by atoms with Gasteiger partial charge in [-0.25, -0.2) is 0 Å². The second-order valence-electron chi connectivity index (χ2n) is 6.37. The molecule has 0 fully saturated rings. The number of amides is 2. The molecule has 0 aliphatic rings. The molecule has 0 saturated heterocycles. The molecule has 1 N–H and O–H groups in total. The minimum atomic E-state index is -0.348. The van der Waals surface area contributed by atoms with E-state index in [-0.39, 0.29) is 24.3 Å². The molecule has 0 aliphatic carbocycles. The van der Waals surface area contributed by atoms with Crippen molar-refractivity contribution in [1.29, 1.82) is 0 Å². The van der Waals surface area contributed by atoms with Gasteiger partial charge in [0.1, 0.15) is 5.76 Å². The molecular weight excluding hydrogens is 360 g/mol. The summed E-state index contributed by atoms with van der Waals surface area (Å²) in [5, 5.41) is 4.83. The fourth-order valence-corrected chi connectivity index (χ4v) is 3.63. The van der Waals surface area contributed by atoms with Crippen LogP contribution < -0.4 is 10.2 Å². The van der Waals surface area contributed by atoms with Crippen molar-refractivity contribution in [2.45, 2.75) is 32.9 Å². The Morgan fingerprint density at radius 1 is 1.15 bits per heavy atom. The van der Waals surface area contributed by atoms with Gasteiger partial charge in [0.15, 0.2) is 0 Å². The highest BCUT2D eigenvalue weighted by Gasteiger charge is 2.24. The van der Waals surface area contributed by atoms with Crippen molar-refractivity contribution in [2.24, 2.45) is 0 Å². The molecule has 1 atom stereocenters. The van der Waals surface area contributed by atoms with Crippen molar-refractivity contribution < 1.29 is 14.0 Å². The number of benzene rings is 1. The molecule has 0 aliphatic heterocycles. The molecule has 0 saturated carbocycles. The summed E-state index contributed by atoms with van der Waals surface area (Å²) >= 11 is 1.53. The van der Waals surface area contributed by atoms with Crippen LogP contribution in [-0.4, -0.2) is 11.8 Å². The highest BCUT2D eigenvalue weighted by atomic mass is 32.1. The molecule has 27 heavy (non-hydrogen) atoms. The molecule has 2 aromatic heterocycles. The quantitative estimate of drug-likeness (QED) is 0.657. The van der Waals surface area contributed by atoms with Gasteiger partial charge < -0.3 is 14.6 Å². The Kier molecular flexibility index (Phi) is 6.08. The summed E-state index contributed by atoms with van der Waals surface area (Å²) in [6.07, 6.45) is 1.77. The van der Waals surface area contributed by atoms with Crippen molar-refractivity contribution in [2.75, 3.05) is 4.90 Å². The summed E-state index contributed by atoms with van der Waals surface area (Å²) in [5.41, 5.74) is 1.92. The van der Waals surface area contributed by atoms with E-state index in [1.54, 1.807) is 17.2 Å². The van der Waals surface area contributed by atoms with Gasteiger partial charge in [-0.15, -0.1) is 11.3 Å². The van der Waals surface area contributed by atoms with Gasteiger partial charge in [-0.3, -0.25) is 9.59 Å². The lowest BCUT2D eigenvalue weighted by atomic mass is 10.1. The van der Waals surface area contributed by atoms with Crippen molar-refractivity contribution in [3.63, 3.8) is 0 Å². The van der Waals surface area contributed by atoms with Gasteiger partial charge in [-0.2, -0.15) is 0 Å². The number of hydrogen-bond donors (Lipinski definition) is 1. The van der Waals surface area contributed by atoms with Crippen LogP contribution in [0.1, 0.15) is 35.6 Å². The maximum Gasteiger partial charge on any atom is 0.229 e. The van der Waals surface area contributed by atoms with E-state index in [9.17, 15) is 9.59 Å². The second kappa shape index (κ2) is 8.68. The number of anilines is 1. The number of furan rings is 1. The Bertz CT molecular complexity index is 871. The zero-order valence-corrected chi connectivity index (χ0v) is 16.2. The zero-order chi connectivity index (χ0) is 19.2. The molecule has 2 heterocycles. The first-order chi connectivity index (χ1) is 13.0. The fraction of sp³-hybridized carbons (Fsp3) is 0.238. The predicted molar refractivity (Wildman–Crippen MR) is 107 cm³/mol. The number of thiophene rings is 1. The molecule has 6 heteroatoms. The molecule has 0 bridgehead atoms. The van der Waals surface area contributed by atoms with Crippen molar-refractivity contribution in [3.8, 4) is 0 Å². The van der Waals surface area contributed by atoms with Crippen molar-refractivity contribution in [1.82, 2.24) is 5.32 Å². The molecular formula is C21H22N2O3S. The van der Waals surface area contributed by atoms with Crippen LogP contribution in [0.2, 0.25) is 0 Å². The summed E-state index contributed by atoms with van der Waals surface area (Å²) < 4.78 is 5.44. The molecule has 140 valence electrons. The Hall–Kier alpha value is -2.86. The van der Waals surface area contributed by atoms with Gasteiger partial charge in [0, 0.05) is 17.5 Å². The molecule has 0 spiro atoms. The van der Waals surface area contributed by atoms with Crippen LogP contribution in [-0.2, 0) is 16.1 Å². The first-order valence-corrected chi connectivity index (χ1v) is 9.61. The number of aryl methyl sites for hydroxylation is 1. The minimum Gasteiger partial charge on any atom is -0.467 e. The topological polar surface area (TPSA) is 62.6 Å². The van der Waals surface area contributed by atoms with Gasteiger partial charge in [0.05, 0.1) is 25.3 Å². The van der Waals surface area contributed by atoms with E-state index >= 15 is 0 Å². The van der Waals surface area contributed by atoms with Crippen LogP contribution >= 0.6 is 11.3 Å². The largest absolute Gasteiger partial charge is 0.467 e. The van der Waals surface area contributed by atoms with E-state index in [4.69, 9.17) is 4.42 Å². The number of nitrogens with one attached hydrogen (secondary N) is 1. The first-order valence-electron chi connectivity index (χ1n) is 8.73. The molecule has 3 aromatic rings. The van der Waals surface area contributed by atoms with Crippen LogP contribution in [0.3, 0.4) is 0 Å². The van der Waals surface area contributed by atoms with E-state index in [0.29, 0.717) is 12.3 Å². The SMILES string of the molecule is CC(=O)N[C@H](CC(=O)N(Cc1ccco1)c1ccc(C)cc1)c1cccs1. The molecule has 0 unspecified atom stereocenters. The number of carbonyl (C=O) groups excluding carboxylic acids is 2. The van der Waals surface area contributed by atoms with Gasteiger partial charge in [-0.05, 0) is 42.6 Å². The molecule has 0 radical (unpaired) electrons. The summed E-state index contributed by atoms with van der Waals surface area (Å²) in [5.74, 6) is 0.465. The number of rotatable bonds is 7. The van der Waals surface area contributed by atoms with Crippen molar-refractivity contribution in [3.05, 3.63) is 76.4 Å². The third-order valence-corrected chi connectivity index (χ3v) is 5.17. The van der Waals surface area contributed by atoms with Crippen LogP contribution in [0, 0.1) is 6.92 Å². The van der Waals surface area contributed by atoms with E-state index in [1.807, 2.05) is 54.8 Å². The van der Waals surface area contributed by atoms with Gasteiger partial charge in [0.2, 0.25) is 11.8 Å². The lowest BCUT2D eigenvalue weighted by Gasteiger charge is -2.25. The Morgan fingerprint density at radius 2 is 1.93 bits per heavy atom. The number of carbonyl (C=O) groups is 2. The van der Waals surface area contributed by atoms with Crippen LogP contribution in [0.15, 0.2) is 64.6 Å². The summed E-state index contributed by atoms with van der Waals surface area (Å²) in [7, 11) is 0. The standard InChI is InChI=1S/C21H22N2O3S/c1-15-7-9-17(10-8-15)23(14-18-5-3-11-26-18)21(25)13-19(22-16(2)24)20-6-4-12-27-20/h3-12,19H,13-14H2,1-2H3,(H,22,24)/t19-/m1/s1. The highest BCUT2D eigenvalue weighted by molar-refractivity contribution is 7.10. The van der Waals surface area contributed by atoms with Gasteiger partial charge in [-0.1, -0.05) is 23.8 Å². The van der Waals surface area contributed by atoms with Crippen molar-refractivity contribution >= 4 is 28.8 Å². The average Bonchev–Trinajstić information content (AvgIpc) is 3.33. The monoisotopic (exact) mass is 382 g/mol. The van der Waals surface area contributed by atoms with Gasteiger partial charge in [0.25, 0.3) is 0 Å². The van der Waals surface area contributed by atoms with E-state index in [2.05, 4.69) is 5.32 Å². The average molecular weight is 382 g/mol. The summed E-state index contributed by atoms with van der Waals surface area (Å²) in [4.78, 5) is 27.5. The van der Waals surface area contributed by atoms with E-state index in [1.165, 1.54) is 18.3 Å². The van der Waals surface area contributed by atoms with Crippen LogP contribution in [0.25, 0.3) is 0 Å².